The SMILES string of the molecule is COC(=O)C(C)NP(=O)(Oc1ccccc1)OC(C)[C@H]1O[C@@H](n2ccc(=O)[nH]c2=O)C(F)(F)C1O. The maximum absolute atomic E-state index is 14.9. The Morgan fingerprint density at radius 1 is 1.26 bits per heavy atom. The Balaban J connectivity index is 1.87. The molecule has 0 radical (unpaired) electrons. The maximum Gasteiger partial charge on any atom is 0.459 e. The number of rotatable bonds is 9. The zero-order chi connectivity index (χ0) is 26.0. The Hall–Kier alpha value is -2.90. The van der Waals surface area contributed by atoms with Gasteiger partial charge in [-0.3, -0.25) is 23.7 Å². The molecule has 192 valence electrons. The molecule has 3 N–H and O–H groups in total. The molecule has 2 aromatic rings. The van der Waals surface area contributed by atoms with Gasteiger partial charge in [0.1, 0.15) is 17.9 Å². The number of methoxy groups -OCH3 is 1. The number of benzene rings is 1. The molecular weight excluding hydrogens is 495 g/mol. The first kappa shape index (κ1) is 26.7. The van der Waals surface area contributed by atoms with E-state index in [1.165, 1.54) is 26.0 Å². The molecule has 0 amide bonds. The number of alkyl halides is 2. The first-order valence-electron chi connectivity index (χ1n) is 10.3. The Labute approximate surface area is 197 Å². The standard InChI is InChI=1S/C20H24F2N3O9P/c1-11(17(28)31-3)24-35(30,34-13-7-5-4-6-8-13)33-12(2)15-16(27)20(21,22)18(32-15)25-10-9-14(26)23-19(25)29/h4-12,15-16,18,27H,1-3H3,(H,24,30)(H,23,26,29)/t11?,12?,15-,16?,18-,35?/m1/s1. The maximum atomic E-state index is 14.9. The lowest BCUT2D eigenvalue weighted by Crippen LogP contribution is -2.44. The number of para-hydroxylation sites is 1. The number of hydrogen-bond acceptors (Lipinski definition) is 9. The molecule has 0 aliphatic carbocycles. The fourth-order valence-electron chi connectivity index (χ4n) is 3.35. The third kappa shape index (κ3) is 5.85. The van der Waals surface area contributed by atoms with Crippen LogP contribution in [-0.4, -0.2) is 58.0 Å². The van der Waals surface area contributed by atoms with Gasteiger partial charge in [-0.1, -0.05) is 18.2 Å². The molecule has 1 aromatic carbocycles. The van der Waals surface area contributed by atoms with Crippen molar-refractivity contribution < 1.29 is 41.8 Å². The highest BCUT2D eigenvalue weighted by Gasteiger charge is 2.61. The lowest BCUT2D eigenvalue weighted by molar-refractivity contribution is -0.142. The molecule has 4 unspecified atom stereocenters. The van der Waals surface area contributed by atoms with Crippen LogP contribution in [0, 0.1) is 0 Å². The molecule has 35 heavy (non-hydrogen) atoms. The van der Waals surface area contributed by atoms with Gasteiger partial charge >= 0.3 is 25.3 Å². The number of aromatic amines is 1. The van der Waals surface area contributed by atoms with Crippen molar-refractivity contribution in [2.24, 2.45) is 0 Å². The number of aliphatic hydroxyl groups excluding tert-OH is 1. The summed E-state index contributed by atoms with van der Waals surface area (Å²) in [7, 11) is -3.34. The number of H-pyrrole nitrogens is 1. The van der Waals surface area contributed by atoms with Gasteiger partial charge in [0.25, 0.3) is 5.56 Å². The number of aliphatic hydroxyl groups is 1. The third-order valence-electron chi connectivity index (χ3n) is 5.07. The van der Waals surface area contributed by atoms with Crippen molar-refractivity contribution in [3.63, 3.8) is 0 Å². The van der Waals surface area contributed by atoms with Crippen LogP contribution in [0.4, 0.5) is 8.78 Å². The fourth-order valence-corrected chi connectivity index (χ4v) is 5.05. The predicted molar refractivity (Wildman–Crippen MR) is 116 cm³/mol. The number of carbonyl (C=O) groups is 1. The van der Waals surface area contributed by atoms with Crippen LogP contribution in [0.1, 0.15) is 20.1 Å². The molecule has 1 aromatic heterocycles. The molecule has 12 nitrogen and oxygen atoms in total. The molecule has 15 heteroatoms. The molecule has 0 saturated carbocycles. The zero-order valence-electron chi connectivity index (χ0n) is 18.8. The van der Waals surface area contributed by atoms with Crippen molar-refractivity contribution in [2.75, 3.05) is 7.11 Å². The largest absolute Gasteiger partial charge is 0.468 e. The summed E-state index contributed by atoms with van der Waals surface area (Å²) in [6.45, 7) is 2.50. The third-order valence-corrected chi connectivity index (χ3v) is 6.83. The van der Waals surface area contributed by atoms with Crippen LogP contribution in [0.5, 0.6) is 5.75 Å². The number of ether oxygens (including phenoxy) is 2. The van der Waals surface area contributed by atoms with Gasteiger partial charge in [0.05, 0.1) is 13.2 Å². The fraction of sp³-hybridized carbons (Fsp3) is 0.450. The average Bonchev–Trinajstić information content (AvgIpc) is 3.02. The Bertz CT molecular complexity index is 1210. The molecule has 1 fully saturated rings. The van der Waals surface area contributed by atoms with E-state index < -0.39 is 61.5 Å². The topological polar surface area (TPSA) is 158 Å². The summed E-state index contributed by atoms with van der Waals surface area (Å²) < 4.78 is 64.3. The summed E-state index contributed by atoms with van der Waals surface area (Å²) in [6.07, 6.45) is -7.30. The molecule has 6 atom stereocenters. The number of esters is 1. The summed E-state index contributed by atoms with van der Waals surface area (Å²) in [4.78, 5) is 36.9. The van der Waals surface area contributed by atoms with E-state index in [1.807, 2.05) is 4.98 Å². The molecular formula is C20H24F2N3O9P. The smallest absolute Gasteiger partial charge is 0.459 e. The molecule has 1 saturated heterocycles. The van der Waals surface area contributed by atoms with E-state index in [2.05, 4.69) is 9.82 Å². The van der Waals surface area contributed by atoms with Crippen LogP contribution < -0.4 is 20.9 Å². The second-order valence-electron chi connectivity index (χ2n) is 7.68. The van der Waals surface area contributed by atoms with Gasteiger partial charge in [-0.25, -0.2) is 9.36 Å². The lowest BCUT2D eigenvalue weighted by Gasteiger charge is -2.28. The minimum atomic E-state index is -4.45. The second kappa shape index (κ2) is 10.4. The van der Waals surface area contributed by atoms with E-state index >= 15 is 0 Å². The van der Waals surface area contributed by atoms with Gasteiger partial charge in [0.15, 0.2) is 6.10 Å². The first-order valence-corrected chi connectivity index (χ1v) is 11.8. The molecule has 0 spiro atoms. The number of nitrogens with zero attached hydrogens (tertiary/aromatic N) is 1. The predicted octanol–water partition coefficient (Wildman–Crippen LogP) is 1.17. The average molecular weight is 519 g/mol. The van der Waals surface area contributed by atoms with E-state index in [9.17, 15) is 32.8 Å². The van der Waals surface area contributed by atoms with Gasteiger partial charge in [-0.15, -0.1) is 0 Å². The van der Waals surface area contributed by atoms with Gasteiger partial charge in [-0.05, 0) is 26.0 Å². The van der Waals surface area contributed by atoms with E-state index in [4.69, 9.17) is 13.8 Å². The van der Waals surface area contributed by atoms with Crippen molar-refractivity contribution in [1.82, 2.24) is 14.6 Å². The monoisotopic (exact) mass is 519 g/mol. The van der Waals surface area contributed by atoms with E-state index in [0.29, 0.717) is 4.57 Å². The molecule has 3 rings (SSSR count). The highest BCUT2D eigenvalue weighted by molar-refractivity contribution is 7.52. The van der Waals surface area contributed by atoms with Gasteiger partial charge in [0.2, 0.25) is 6.23 Å². The second-order valence-corrected chi connectivity index (χ2v) is 9.32. The van der Waals surface area contributed by atoms with Crippen molar-refractivity contribution in [2.45, 2.75) is 50.4 Å². The summed E-state index contributed by atoms with van der Waals surface area (Å²) in [5, 5.41) is 12.6. The Morgan fingerprint density at radius 2 is 1.91 bits per heavy atom. The Morgan fingerprint density at radius 3 is 2.51 bits per heavy atom. The molecule has 1 aliphatic heterocycles. The van der Waals surface area contributed by atoms with Crippen LogP contribution in [0.15, 0.2) is 52.2 Å². The van der Waals surface area contributed by atoms with Crippen molar-refractivity contribution in [3.05, 3.63) is 63.4 Å². The summed E-state index contributed by atoms with van der Waals surface area (Å²) in [6, 6.07) is 7.34. The lowest BCUT2D eigenvalue weighted by atomic mass is 10.1. The molecule has 2 heterocycles. The highest BCUT2D eigenvalue weighted by atomic mass is 31.2. The van der Waals surface area contributed by atoms with Gasteiger partial charge in [-0.2, -0.15) is 13.9 Å². The minimum absolute atomic E-state index is 0.0727. The van der Waals surface area contributed by atoms with E-state index in [1.54, 1.807) is 18.2 Å². The first-order chi connectivity index (χ1) is 16.4. The summed E-state index contributed by atoms with van der Waals surface area (Å²) in [5.74, 6) is -4.73. The van der Waals surface area contributed by atoms with Crippen molar-refractivity contribution in [1.29, 1.82) is 0 Å². The van der Waals surface area contributed by atoms with Crippen LogP contribution in [0.25, 0.3) is 0 Å². The normalized spacial score (nSPS) is 24.8. The van der Waals surface area contributed by atoms with Crippen LogP contribution in [0.3, 0.4) is 0 Å². The number of hydrogen-bond donors (Lipinski definition) is 3. The number of aromatic nitrogens is 2. The number of carbonyl (C=O) groups excluding carboxylic acids is 1. The number of nitrogens with one attached hydrogen (secondary N) is 2. The Kier molecular flexibility index (Phi) is 7.92. The summed E-state index contributed by atoms with van der Waals surface area (Å²) >= 11 is 0. The van der Waals surface area contributed by atoms with Crippen LogP contribution in [-0.2, 0) is 23.4 Å². The molecule has 1 aliphatic rings. The van der Waals surface area contributed by atoms with E-state index in [0.717, 1.165) is 19.4 Å². The van der Waals surface area contributed by atoms with Crippen molar-refractivity contribution in [3.8, 4) is 5.75 Å². The van der Waals surface area contributed by atoms with E-state index in [-0.39, 0.29) is 5.75 Å². The van der Waals surface area contributed by atoms with Crippen molar-refractivity contribution >= 4 is 13.7 Å². The van der Waals surface area contributed by atoms with Crippen LogP contribution >= 0.6 is 7.75 Å². The minimum Gasteiger partial charge on any atom is -0.468 e. The number of halogens is 2. The highest BCUT2D eigenvalue weighted by Crippen LogP contribution is 2.50. The van der Waals surface area contributed by atoms with Gasteiger partial charge < -0.3 is 19.1 Å². The summed E-state index contributed by atoms with van der Waals surface area (Å²) in [5.41, 5.74) is -2.00. The molecule has 0 bridgehead atoms. The zero-order valence-corrected chi connectivity index (χ0v) is 19.7. The van der Waals surface area contributed by atoms with Crippen LogP contribution in [0.2, 0.25) is 0 Å². The quantitative estimate of drug-likeness (QED) is 0.324. The van der Waals surface area contributed by atoms with Gasteiger partial charge in [0, 0.05) is 12.3 Å².